The molecule has 106 valence electrons. The Kier molecular flexibility index (Phi) is 5.32. The second-order valence-corrected chi connectivity index (χ2v) is 5.60. The molecule has 0 saturated heterocycles. The number of rotatable bonds is 4. The first-order valence-corrected chi connectivity index (χ1v) is 7.36. The zero-order valence-electron chi connectivity index (χ0n) is 11.6. The summed E-state index contributed by atoms with van der Waals surface area (Å²) < 4.78 is 26.6. The summed E-state index contributed by atoms with van der Waals surface area (Å²) in [7, 11) is 0. The molecule has 0 heterocycles. The highest BCUT2D eigenvalue weighted by Crippen LogP contribution is 2.25. The first-order chi connectivity index (χ1) is 9.19. The molecule has 2 unspecified atom stereocenters. The maximum Gasteiger partial charge on any atom is 0.127 e. The van der Waals surface area contributed by atoms with E-state index in [2.05, 4.69) is 12.2 Å². The van der Waals surface area contributed by atoms with Crippen LogP contribution in [0, 0.1) is 17.6 Å². The van der Waals surface area contributed by atoms with Crippen LogP contribution in [0.4, 0.5) is 8.78 Å². The van der Waals surface area contributed by atoms with Gasteiger partial charge in [-0.3, -0.25) is 0 Å². The third-order valence-electron chi connectivity index (χ3n) is 4.25. The Labute approximate surface area is 114 Å². The predicted molar refractivity (Wildman–Crippen MR) is 73.9 cm³/mol. The maximum atomic E-state index is 13.5. The average Bonchev–Trinajstić information content (AvgIpc) is 2.65. The van der Waals surface area contributed by atoms with E-state index < -0.39 is 0 Å². The van der Waals surface area contributed by atoms with Crippen molar-refractivity contribution in [2.45, 2.75) is 58.0 Å². The monoisotopic (exact) mass is 267 g/mol. The van der Waals surface area contributed by atoms with E-state index in [-0.39, 0.29) is 11.6 Å². The number of hydrogen-bond acceptors (Lipinski definition) is 1. The summed E-state index contributed by atoms with van der Waals surface area (Å²) in [4.78, 5) is 0. The van der Waals surface area contributed by atoms with Crippen LogP contribution < -0.4 is 5.32 Å². The van der Waals surface area contributed by atoms with Gasteiger partial charge in [-0.15, -0.1) is 0 Å². The van der Waals surface area contributed by atoms with Gasteiger partial charge in [-0.25, -0.2) is 8.78 Å². The van der Waals surface area contributed by atoms with Gasteiger partial charge in [0.05, 0.1) is 0 Å². The smallest absolute Gasteiger partial charge is 0.127 e. The molecule has 1 aromatic carbocycles. The Hall–Kier alpha value is -0.960. The van der Waals surface area contributed by atoms with Crippen LogP contribution in [-0.4, -0.2) is 6.04 Å². The van der Waals surface area contributed by atoms with E-state index in [0.717, 1.165) is 24.8 Å². The first kappa shape index (κ1) is 14.4. The first-order valence-electron chi connectivity index (χ1n) is 7.36. The number of halogens is 2. The van der Waals surface area contributed by atoms with Gasteiger partial charge < -0.3 is 5.32 Å². The molecule has 19 heavy (non-hydrogen) atoms. The van der Waals surface area contributed by atoms with E-state index in [1.165, 1.54) is 37.8 Å². The fourth-order valence-electron chi connectivity index (χ4n) is 2.92. The third-order valence-corrected chi connectivity index (χ3v) is 4.25. The van der Waals surface area contributed by atoms with Crippen LogP contribution in [0.3, 0.4) is 0 Å². The maximum absolute atomic E-state index is 13.5. The minimum absolute atomic E-state index is 0.325. The topological polar surface area (TPSA) is 12.0 Å². The molecule has 0 radical (unpaired) electrons. The van der Waals surface area contributed by atoms with Crippen molar-refractivity contribution in [3.8, 4) is 0 Å². The molecule has 0 bridgehead atoms. The summed E-state index contributed by atoms with van der Waals surface area (Å²) in [5.74, 6) is 0.150. The van der Waals surface area contributed by atoms with Crippen LogP contribution in [0.25, 0.3) is 0 Å². The third kappa shape index (κ3) is 4.27. The summed E-state index contributed by atoms with van der Waals surface area (Å²) in [5, 5.41) is 3.38. The normalized spacial score (nSPS) is 24.2. The number of nitrogens with one attached hydrogen (secondary N) is 1. The van der Waals surface area contributed by atoms with Crippen LogP contribution in [0.2, 0.25) is 0 Å². The fourth-order valence-corrected chi connectivity index (χ4v) is 2.92. The Balaban J connectivity index is 1.86. The molecule has 0 spiro atoms. The molecular weight excluding hydrogens is 244 g/mol. The summed E-state index contributed by atoms with van der Waals surface area (Å²) in [6.07, 6.45) is 7.35. The molecule has 2 rings (SSSR count). The van der Waals surface area contributed by atoms with Crippen molar-refractivity contribution in [3.05, 3.63) is 35.4 Å². The van der Waals surface area contributed by atoms with Gasteiger partial charge >= 0.3 is 0 Å². The van der Waals surface area contributed by atoms with Crippen LogP contribution in [0.15, 0.2) is 18.2 Å². The highest BCUT2D eigenvalue weighted by atomic mass is 19.1. The lowest BCUT2D eigenvalue weighted by atomic mass is 9.98. The molecule has 3 heteroatoms. The Morgan fingerprint density at radius 2 is 2.00 bits per heavy atom. The SMILES string of the molecule is CCC1CCCC(NCc2cc(F)ccc2F)CC1. The molecule has 1 aromatic rings. The van der Waals surface area contributed by atoms with Crippen LogP contribution in [0.1, 0.15) is 51.0 Å². The summed E-state index contributed by atoms with van der Waals surface area (Å²) in [5.41, 5.74) is 0.427. The van der Waals surface area contributed by atoms with Gasteiger partial charge in [-0.05, 0) is 43.4 Å². The fraction of sp³-hybridized carbons (Fsp3) is 0.625. The zero-order chi connectivity index (χ0) is 13.7. The summed E-state index contributed by atoms with van der Waals surface area (Å²) in [6, 6.07) is 4.09. The minimum atomic E-state index is -0.370. The molecule has 1 nitrogen and oxygen atoms in total. The lowest BCUT2D eigenvalue weighted by Gasteiger charge is -2.17. The molecular formula is C16H23F2N. The highest BCUT2D eigenvalue weighted by Gasteiger charge is 2.17. The molecule has 2 atom stereocenters. The van der Waals surface area contributed by atoms with Crippen molar-refractivity contribution in [3.63, 3.8) is 0 Å². The summed E-state index contributed by atoms with van der Waals surface area (Å²) in [6.45, 7) is 2.67. The van der Waals surface area contributed by atoms with Crippen LogP contribution in [-0.2, 0) is 6.54 Å². The lowest BCUT2D eigenvalue weighted by Crippen LogP contribution is -2.28. The van der Waals surface area contributed by atoms with E-state index in [9.17, 15) is 8.78 Å². The molecule has 0 aliphatic heterocycles. The summed E-state index contributed by atoms with van der Waals surface area (Å²) >= 11 is 0. The molecule has 1 saturated carbocycles. The van der Waals surface area contributed by atoms with E-state index in [4.69, 9.17) is 0 Å². The van der Waals surface area contributed by atoms with Crippen LogP contribution >= 0.6 is 0 Å². The number of benzene rings is 1. The zero-order valence-corrected chi connectivity index (χ0v) is 11.6. The molecule has 1 aliphatic carbocycles. The van der Waals surface area contributed by atoms with Gasteiger partial charge in [0, 0.05) is 18.2 Å². The van der Waals surface area contributed by atoms with Crippen molar-refractivity contribution < 1.29 is 8.78 Å². The average molecular weight is 267 g/mol. The van der Waals surface area contributed by atoms with Crippen molar-refractivity contribution >= 4 is 0 Å². The molecule has 1 aliphatic rings. The molecule has 1 N–H and O–H groups in total. The Morgan fingerprint density at radius 1 is 1.16 bits per heavy atom. The molecule has 0 amide bonds. The van der Waals surface area contributed by atoms with Gasteiger partial charge in [-0.2, -0.15) is 0 Å². The van der Waals surface area contributed by atoms with Gasteiger partial charge in [-0.1, -0.05) is 26.2 Å². The van der Waals surface area contributed by atoms with E-state index in [1.807, 2.05) is 0 Å². The van der Waals surface area contributed by atoms with E-state index >= 15 is 0 Å². The molecule has 1 fully saturated rings. The standard InChI is InChI=1S/C16H23F2N/c1-2-12-4-3-5-15(8-6-12)19-11-13-10-14(17)7-9-16(13)18/h7,9-10,12,15,19H,2-6,8,11H2,1H3. The van der Waals surface area contributed by atoms with Crippen molar-refractivity contribution in [2.75, 3.05) is 0 Å². The van der Waals surface area contributed by atoms with Gasteiger partial charge in [0.2, 0.25) is 0 Å². The number of hydrogen-bond donors (Lipinski definition) is 1. The highest BCUT2D eigenvalue weighted by molar-refractivity contribution is 5.18. The van der Waals surface area contributed by atoms with Gasteiger partial charge in [0.25, 0.3) is 0 Å². The van der Waals surface area contributed by atoms with Gasteiger partial charge in [0.15, 0.2) is 0 Å². The van der Waals surface area contributed by atoms with Crippen LogP contribution in [0.5, 0.6) is 0 Å². The van der Waals surface area contributed by atoms with Crippen molar-refractivity contribution in [1.29, 1.82) is 0 Å². The largest absolute Gasteiger partial charge is 0.310 e. The lowest BCUT2D eigenvalue weighted by molar-refractivity contribution is 0.422. The van der Waals surface area contributed by atoms with Crippen molar-refractivity contribution in [2.24, 2.45) is 5.92 Å². The predicted octanol–water partition coefficient (Wildman–Crippen LogP) is 4.41. The Morgan fingerprint density at radius 3 is 2.79 bits per heavy atom. The quantitative estimate of drug-likeness (QED) is 0.797. The van der Waals surface area contributed by atoms with E-state index in [0.29, 0.717) is 18.2 Å². The van der Waals surface area contributed by atoms with Gasteiger partial charge in [0.1, 0.15) is 11.6 Å². The minimum Gasteiger partial charge on any atom is -0.310 e. The van der Waals surface area contributed by atoms with Crippen molar-refractivity contribution in [1.82, 2.24) is 5.32 Å². The second-order valence-electron chi connectivity index (χ2n) is 5.60. The second kappa shape index (κ2) is 6.99. The Bertz CT molecular complexity index is 406. The van der Waals surface area contributed by atoms with E-state index in [1.54, 1.807) is 0 Å². The molecule has 0 aromatic heterocycles.